The molecule has 0 saturated carbocycles. The first-order valence-electron chi connectivity index (χ1n) is 26.3. The molecular weight excluding hydrogens is 801 g/mol. The predicted molar refractivity (Wildman–Crippen MR) is 276 cm³/mol. The molecule has 1 aliphatic heterocycles. The largest absolute Gasteiger partial charge is 0.339 e. The van der Waals surface area contributed by atoms with E-state index in [1.165, 1.54) is 89.9 Å². The molecule has 1 heterocycles. The summed E-state index contributed by atoms with van der Waals surface area (Å²) in [7, 11) is 1.98. The van der Waals surface area contributed by atoms with Crippen molar-refractivity contribution >= 4 is 67.1 Å². The van der Waals surface area contributed by atoms with Crippen LogP contribution in [0.5, 0.6) is 0 Å². The number of unbranched alkanes of at least 4 members (excludes halogenated alkanes) is 16. The van der Waals surface area contributed by atoms with Gasteiger partial charge in [0.25, 0.3) is 17.7 Å². The van der Waals surface area contributed by atoms with Gasteiger partial charge in [-0.25, -0.2) is 0 Å². The van der Waals surface area contributed by atoms with Gasteiger partial charge in [-0.2, -0.15) is 0 Å². The second-order valence-electron chi connectivity index (χ2n) is 20.1. The molecule has 0 N–H and O–H groups in total. The van der Waals surface area contributed by atoms with Crippen molar-refractivity contribution in [3.63, 3.8) is 0 Å². The van der Waals surface area contributed by atoms with E-state index in [4.69, 9.17) is 0 Å². The van der Waals surface area contributed by atoms with Crippen LogP contribution >= 0.6 is 0 Å². The quantitative estimate of drug-likeness (QED) is 0.0165. The fraction of sp³-hybridized carbons (Fsp3) is 0.593. The number of benzene rings is 5. The highest BCUT2D eigenvalue weighted by Crippen LogP contribution is 2.48. The van der Waals surface area contributed by atoms with E-state index >= 15 is 14.4 Å². The molecule has 5 aromatic carbocycles. The molecule has 1 aliphatic rings. The van der Waals surface area contributed by atoms with Gasteiger partial charge in [0.15, 0.2) is 6.29 Å². The average molecular weight is 883 g/mol. The minimum atomic E-state index is -0.163. The molecule has 6 rings (SSSR count). The number of fused-ring (bicyclic) bond motifs is 2. The van der Waals surface area contributed by atoms with Crippen LogP contribution in [0.15, 0.2) is 24.3 Å². The summed E-state index contributed by atoms with van der Waals surface area (Å²) in [4.78, 5) is 62.3. The maximum atomic E-state index is 15.2. The number of hydrogen-bond acceptors (Lipinski definition) is 4. The summed E-state index contributed by atoms with van der Waals surface area (Å²) in [5, 5.41) is 7.15. The number of aryl methyl sites for hydroxylation is 4. The van der Waals surface area contributed by atoms with E-state index in [2.05, 4.69) is 52.0 Å². The first-order valence-corrected chi connectivity index (χ1v) is 26.3. The van der Waals surface area contributed by atoms with Gasteiger partial charge in [-0.1, -0.05) is 162 Å². The maximum Gasteiger partial charge on any atom is 0.261 e. The average Bonchev–Trinajstić information content (AvgIpc) is 3.28. The van der Waals surface area contributed by atoms with Crippen LogP contribution in [-0.2, 0) is 0 Å². The molecule has 0 aliphatic carbocycles. The van der Waals surface area contributed by atoms with Crippen molar-refractivity contribution in [1.82, 2.24) is 9.80 Å². The SMILES string of the molecule is CCCCCCCC(CCCCCCC)N(C)C(=O)c1c(C)cc2c3cc(C)c4c5c(c(C)cc(c6cc(C)c(C=O)c1c62)c53)C(=O)N(C(CCCCCCC)CCCCCCC)C4=O. The minimum absolute atomic E-state index is 0.0224. The molecule has 0 fully saturated rings. The standard InChI is InChI=1S/C59H82N2O4/c1-10-14-18-22-26-30-43(31-27-23-19-15-11-2)60(9)57(63)50-40(6)35-46-48-37-42(8)52-56-51(41(7)36-47(54(48)56)45-34-39(5)49(38-62)55(50)53(45)46)58(64)61(59(52)65)44(32-28-24-20-16-12-3)33-29-25-21-17-13-4/h34-38,43-44H,10-33H2,1-9H3. The topological polar surface area (TPSA) is 74.8 Å². The Hall–Kier alpha value is -4.32. The number of amides is 3. The molecule has 65 heavy (non-hydrogen) atoms. The second-order valence-corrected chi connectivity index (χ2v) is 20.1. The Morgan fingerprint density at radius 3 is 1.29 bits per heavy atom. The zero-order valence-electron chi connectivity index (χ0n) is 42.0. The lowest BCUT2D eigenvalue weighted by Gasteiger charge is -2.36. The third-order valence-electron chi connectivity index (χ3n) is 15.2. The summed E-state index contributed by atoms with van der Waals surface area (Å²) in [5.74, 6) is -0.348. The van der Waals surface area contributed by atoms with Crippen molar-refractivity contribution < 1.29 is 19.2 Å². The fourth-order valence-corrected chi connectivity index (χ4v) is 11.5. The fourth-order valence-electron chi connectivity index (χ4n) is 11.5. The van der Waals surface area contributed by atoms with Gasteiger partial charge in [-0.05, 0) is 126 Å². The van der Waals surface area contributed by atoms with E-state index in [1.807, 2.05) is 39.6 Å². The van der Waals surface area contributed by atoms with Gasteiger partial charge in [0, 0.05) is 35.5 Å². The van der Waals surface area contributed by atoms with Gasteiger partial charge in [-0.15, -0.1) is 0 Å². The summed E-state index contributed by atoms with van der Waals surface area (Å²) >= 11 is 0. The molecule has 0 atom stereocenters. The van der Waals surface area contributed by atoms with E-state index in [0.717, 1.165) is 136 Å². The molecule has 0 radical (unpaired) electrons. The van der Waals surface area contributed by atoms with Crippen molar-refractivity contribution in [1.29, 1.82) is 0 Å². The third kappa shape index (κ3) is 10.5. The van der Waals surface area contributed by atoms with Crippen molar-refractivity contribution in [3.8, 4) is 0 Å². The highest BCUT2D eigenvalue weighted by Gasteiger charge is 2.40. The number of hydrogen-bond donors (Lipinski definition) is 0. The number of rotatable bonds is 28. The predicted octanol–water partition coefficient (Wildman–Crippen LogP) is 16.6. The summed E-state index contributed by atoms with van der Waals surface area (Å²) in [6.07, 6.45) is 27.9. The summed E-state index contributed by atoms with van der Waals surface area (Å²) in [6.45, 7) is 17.0. The van der Waals surface area contributed by atoms with Gasteiger partial charge < -0.3 is 4.90 Å². The van der Waals surface area contributed by atoms with E-state index in [0.29, 0.717) is 22.3 Å². The van der Waals surface area contributed by atoms with Gasteiger partial charge in [0.2, 0.25) is 0 Å². The summed E-state index contributed by atoms with van der Waals surface area (Å²) in [5.41, 5.74) is 5.82. The first kappa shape index (κ1) is 50.1. The van der Waals surface area contributed by atoms with Crippen molar-refractivity contribution in [2.75, 3.05) is 7.05 Å². The van der Waals surface area contributed by atoms with Crippen LogP contribution in [-0.4, -0.2) is 52.9 Å². The highest BCUT2D eigenvalue weighted by molar-refractivity contribution is 6.40. The lowest BCUT2D eigenvalue weighted by atomic mass is 9.79. The lowest BCUT2D eigenvalue weighted by molar-refractivity contribution is 0.0515. The summed E-state index contributed by atoms with van der Waals surface area (Å²) in [6, 6.07) is 8.53. The smallest absolute Gasteiger partial charge is 0.261 e. The zero-order valence-corrected chi connectivity index (χ0v) is 42.0. The molecule has 0 saturated heterocycles. The number of carbonyl (C=O) groups is 4. The molecule has 0 spiro atoms. The molecule has 0 aromatic heterocycles. The van der Waals surface area contributed by atoms with Crippen LogP contribution in [0.2, 0.25) is 0 Å². The molecule has 5 aromatic rings. The molecule has 6 nitrogen and oxygen atoms in total. The first-order chi connectivity index (χ1) is 31.5. The third-order valence-corrected chi connectivity index (χ3v) is 15.2. The van der Waals surface area contributed by atoms with Crippen LogP contribution in [0, 0.1) is 27.7 Å². The van der Waals surface area contributed by atoms with Crippen LogP contribution in [0.3, 0.4) is 0 Å². The molecule has 3 amide bonds. The Morgan fingerprint density at radius 1 is 0.508 bits per heavy atom. The number of nitrogens with zero attached hydrogens (tertiary/aromatic N) is 2. The van der Waals surface area contributed by atoms with Crippen molar-refractivity contribution in [2.24, 2.45) is 0 Å². The minimum Gasteiger partial charge on any atom is -0.339 e. The monoisotopic (exact) mass is 883 g/mol. The zero-order chi connectivity index (χ0) is 46.8. The lowest BCUT2D eigenvalue weighted by Crippen LogP contribution is -2.47. The number of aldehydes is 1. The highest BCUT2D eigenvalue weighted by atomic mass is 16.2. The van der Waals surface area contributed by atoms with Crippen molar-refractivity contribution in [3.05, 3.63) is 68.8 Å². The molecule has 0 bridgehead atoms. The Morgan fingerprint density at radius 2 is 0.877 bits per heavy atom. The number of imide groups is 1. The summed E-state index contributed by atoms with van der Waals surface area (Å²) < 4.78 is 0. The van der Waals surface area contributed by atoms with E-state index < -0.39 is 0 Å². The second kappa shape index (κ2) is 23.4. The normalized spacial score (nSPS) is 13.1. The van der Waals surface area contributed by atoms with Crippen LogP contribution in [0.1, 0.15) is 245 Å². The van der Waals surface area contributed by atoms with E-state index in [-0.39, 0.29) is 29.8 Å². The van der Waals surface area contributed by atoms with Gasteiger partial charge in [0.1, 0.15) is 0 Å². The Balaban J connectivity index is 1.50. The Kier molecular flexibility index (Phi) is 18.0. The Bertz CT molecular complexity index is 2360. The molecule has 6 heteroatoms. The van der Waals surface area contributed by atoms with Crippen LogP contribution in [0.25, 0.3) is 43.1 Å². The van der Waals surface area contributed by atoms with Crippen LogP contribution < -0.4 is 0 Å². The Labute approximate surface area is 392 Å². The van der Waals surface area contributed by atoms with Crippen LogP contribution in [0.4, 0.5) is 0 Å². The maximum absolute atomic E-state index is 15.2. The van der Waals surface area contributed by atoms with E-state index in [9.17, 15) is 4.79 Å². The number of carbonyl (C=O) groups excluding carboxylic acids is 4. The van der Waals surface area contributed by atoms with E-state index in [1.54, 1.807) is 4.90 Å². The molecule has 352 valence electrons. The van der Waals surface area contributed by atoms with Crippen molar-refractivity contribution in [2.45, 2.75) is 222 Å². The van der Waals surface area contributed by atoms with Gasteiger partial charge in [0.05, 0.1) is 16.7 Å². The van der Waals surface area contributed by atoms with Gasteiger partial charge in [-0.3, -0.25) is 24.1 Å². The molecular formula is C59H82N2O4. The van der Waals surface area contributed by atoms with Gasteiger partial charge >= 0.3 is 0 Å². The molecule has 0 unspecified atom stereocenters.